The fourth-order valence-corrected chi connectivity index (χ4v) is 4.06. The molecule has 1 fully saturated rings. The summed E-state index contributed by atoms with van der Waals surface area (Å²) in [5.41, 5.74) is 1.34. The first-order valence-electron chi connectivity index (χ1n) is 6.82. The molecule has 1 N–H and O–H groups in total. The van der Waals surface area contributed by atoms with Crippen LogP contribution in [0, 0.1) is 0 Å². The van der Waals surface area contributed by atoms with Crippen molar-refractivity contribution in [1.82, 2.24) is 20.1 Å². The summed E-state index contributed by atoms with van der Waals surface area (Å²) in [6, 6.07) is 0.480. The monoisotopic (exact) mass is 266 g/mol. The van der Waals surface area contributed by atoms with Crippen LogP contribution in [0.1, 0.15) is 28.0 Å². The fourth-order valence-electron chi connectivity index (χ4n) is 2.83. The van der Waals surface area contributed by atoms with Crippen LogP contribution in [-0.4, -0.2) is 55.1 Å². The fraction of sp³-hybridized carbons (Fsp3) is 0.769. The number of thiazole rings is 1. The van der Waals surface area contributed by atoms with Crippen LogP contribution in [0.4, 0.5) is 0 Å². The van der Waals surface area contributed by atoms with Crippen molar-refractivity contribution in [1.29, 1.82) is 0 Å². The Bertz CT molecular complexity index is 394. The van der Waals surface area contributed by atoms with E-state index in [9.17, 15) is 0 Å². The summed E-state index contributed by atoms with van der Waals surface area (Å²) in [6.07, 6.45) is 2.36. The highest BCUT2D eigenvalue weighted by Crippen LogP contribution is 2.30. The second-order valence-corrected chi connectivity index (χ2v) is 6.58. The summed E-state index contributed by atoms with van der Waals surface area (Å²) in [5, 5.41) is 4.76. The van der Waals surface area contributed by atoms with Crippen molar-refractivity contribution in [2.24, 2.45) is 0 Å². The summed E-state index contributed by atoms with van der Waals surface area (Å²) in [5.74, 6) is 0. The molecule has 1 atom stereocenters. The number of nitrogens with zero attached hydrogens (tertiary/aromatic N) is 3. The standard InChI is InChI=1S/C13H22N4S/c1-16-6-3-7-17(2)11(9-16)13-15-10-4-5-14-8-12(10)18-13/h11,14H,3-9H2,1-2H3. The molecule has 1 aromatic heterocycles. The molecule has 18 heavy (non-hydrogen) atoms. The number of nitrogens with one attached hydrogen (secondary N) is 1. The normalized spacial score (nSPS) is 26.9. The van der Waals surface area contributed by atoms with Crippen molar-refractivity contribution < 1.29 is 0 Å². The van der Waals surface area contributed by atoms with Gasteiger partial charge in [0.2, 0.25) is 0 Å². The van der Waals surface area contributed by atoms with Crippen molar-refractivity contribution in [3.63, 3.8) is 0 Å². The summed E-state index contributed by atoms with van der Waals surface area (Å²) < 4.78 is 0. The first-order valence-corrected chi connectivity index (χ1v) is 7.63. The molecule has 0 radical (unpaired) electrons. The van der Waals surface area contributed by atoms with Gasteiger partial charge in [0.05, 0.1) is 11.7 Å². The van der Waals surface area contributed by atoms with E-state index in [2.05, 4.69) is 29.2 Å². The first kappa shape index (κ1) is 12.5. The van der Waals surface area contributed by atoms with Gasteiger partial charge in [0.1, 0.15) is 5.01 Å². The zero-order chi connectivity index (χ0) is 12.5. The van der Waals surface area contributed by atoms with Gasteiger partial charge in [-0.25, -0.2) is 4.98 Å². The van der Waals surface area contributed by atoms with Gasteiger partial charge in [0, 0.05) is 30.9 Å². The van der Waals surface area contributed by atoms with Crippen LogP contribution in [0.5, 0.6) is 0 Å². The molecule has 0 aromatic carbocycles. The quantitative estimate of drug-likeness (QED) is 0.825. The minimum absolute atomic E-state index is 0.480. The van der Waals surface area contributed by atoms with Gasteiger partial charge in [-0.1, -0.05) is 0 Å². The molecular weight excluding hydrogens is 244 g/mol. The van der Waals surface area contributed by atoms with Crippen molar-refractivity contribution in [2.75, 3.05) is 40.3 Å². The molecule has 4 nitrogen and oxygen atoms in total. The summed E-state index contributed by atoms with van der Waals surface area (Å²) >= 11 is 1.91. The average Bonchev–Trinajstić information content (AvgIpc) is 2.71. The van der Waals surface area contributed by atoms with E-state index in [4.69, 9.17) is 4.98 Å². The van der Waals surface area contributed by atoms with Crippen LogP contribution in [0.2, 0.25) is 0 Å². The van der Waals surface area contributed by atoms with Gasteiger partial charge < -0.3 is 10.2 Å². The highest BCUT2D eigenvalue weighted by Gasteiger charge is 2.26. The average molecular weight is 266 g/mol. The second kappa shape index (κ2) is 5.25. The molecule has 1 unspecified atom stereocenters. The Morgan fingerprint density at radius 3 is 3.06 bits per heavy atom. The van der Waals surface area contributed by atoms with E-state index < -0.39 is 0 Å². The second-order valence-electron chi connectivity index (χ2n) is 5.46. The molecule has 0 aliphatic carbocycles. The van der Waals surface area contributed by atoms with Gasteiger partial charge in [-0.15, -0.1) is 11.3 Å². The minimum Gasteiger partial charge on any atom is -0.311 e. The summed E-state index contributed by atoms with van der Waals surface area (Å²) in [6.45, 7) is 5.58. The highest BCUT2D eigenvalue weighted by atomic mass is 32.1. The summed E-state index contributed by atoms with van der Waals surface area (Å²) in [7, 11) is 4.46. The molecule has 0 spiro atoms. The van der Waals surface area contributed by atoms with E-state index in [1.807, 2.05) is 11.3 Å². The van der Waals surface area contributed by atoms with Gasteiger partial charge in [0.15, 0.2) is 0 Å². The Labute approximate surface area is 113 Å². The third-order valence-electron chi connectivity index (χ3n) is 3.97. The predicted molar refractivity (Wildman–Crippen MR) is 75.0 cm³/mol. The molecular formula is C13H22N4S. The molecule has 2 aliphatic heterocycles. The maximum absolute atomic E-state index is 4.91. The van der Waals surface area contributed by atoms with Crippen molar-refractivity contribution in [2.45, 2.75) is 25.4 Å². The smallest absolute Gasteiger partial charge is 0.112 e. The van der Waals surface area contributed by atoms with E-state index in [-0.39, 0.29) is 0 Å². The Hall–Kier alpha value is -0.490. The van der Waals surface area contributed by atoms with Gasteiger partial charge in [0.25, 0.3) is 0 Å². The zero-order valence-electron chi connectivity index (χ0n) is 11.3. The zero-order valence-corrected chi connectivity index (χ0v) is 12.1. The Balaban J connectivity index is 1.85. The highest BCUT2D eigenvalue weighted by molar-refractivity contribution is 7.11. The van der Waals surface area contributed by atoms with Crippen LogP contribution in [0.25, 0.3) is 0 Å². The van der Waals surface area contributed by atoms with E-state index in [1.54, 1.807) is 0 Å². The number of hydrogen-bond acceptors (Lipinski definition) is 5. The van der Waals surface area contributed by atoms with Gasteiger partial charge in [-0.3, -0.25) is 4.90 Å². The van der Waals surface area contributed by atoms with Gasteiger partial charge >= 0.3 is 0 Å². The molecule has 0 amide bonds. The maximum Gasteiger partial charge on any atom is 0.112 e. The number of rotatable bonds is 1. The van der Waals surface area contributed by atoms with Crippen molar-refractivity contribution in [3.05, 3.63) is 15.6 Å². The van der Waals surface area contributed by atoms with Crippen molar-refractivity contribution >= 4 is 11.3 Å². The van der Waals surface area contributed by atoms with E-state index in [1.165, 1.54) is 35.1 Å². The predicted octanol–water partition coefficient (Wildman–Crippen LogP) is 1.10. The molecule has 0 bridgehead atoms. The lowest BCUT2D eigenvalue weighted by Gasteiger charge is -2.25. The molecule has 2 aliphatic rings. The Morgan fingerprint density at radius 1 is 1.33 bits per heavy atom. The lowest BCUT2D eigenvalue weighted by atomic mass is 10.2. The van der Waals surface area contributed by atoms with E-state index >= 15 is 0 Å². The SMILES string of the molecule is CN1CCCN(C)C(c2nc3c(s2)CNCC3)C1. The first-order chi connectivity index (χ1) is 8.74. The van der Waals surface area contributed by atoms with Crippen LogP contribution in [-0.2, 0) is 13.0 Å². The molecule has 3 rings (SSSR count). The lowest BCUT2D eigenvalue weighted by Crippen LogP contribution is -2.30. The molecule has 1 saturated heterocycles. The minimum atomic E-state index is 0.480. The van der Waals surface area contributed by atoms with Crippen LogP contribution < -0.4 is 5.32 Å². The van der Waals surface area contributed by atoms with Crippen molar-refractivity contribution in [3.8, 4) is 0 Å². The van der Waals surface area contributed by atoms with Gasteiger partial charge in [-0.05, 0) is 33.6 Å². The van der Waals surface area contributed by atoms with E-state index in [0.29, 0.717) is 6.04 Å². The Kier molecular flexibility index (Phi) is 3.66. The Morgan fingerprint density at radius 2 is 2.22 bits per heavy atom. The van der Waals surface area contributed by atoms with Gasteiger partial charge in [-0.2, -0.15) is 0 Å². The number of fused-ring (bicyclic) bond motifs is 1. The number of hydrogen-bond donors (Lipinski definition) is 1. The number of aromatic nitrogens is 1. The van der Waals surface area contributed by atoms with Crippen LogP contribution in [0.3, 0.4) is 0 Å². The third-order valence-corrected chi connectivity index (χ3v) is 5.17. The molecule has 0 saturated carbocycles. The number of likely N-dealkylation sites (N-methyl/N-ethyl adjacent to an activating group) is 2. The molecule has 5 heteroatoms. The molecule has 1 aromatic rings. The van der Waals surface area contributed by atoms with Crippen LogP contribution in [0.15, 0.2) is 0 Å². The molecule has 100 valence electrons. The lowest BCUT2D eigenvalue weighted by molar-refractivity contribution is 0.228. The topological polar surface area (TPSA) is 31.4 Å². The summed E-state index contributed by atoms with van der Waals surface area (Å²) in [4.78, 5) is 11.3. The maximum atomic E-state index is 4.91. The van der Waals surface area contributed by atoms with Crippen LogP contribution >= 0.6 is 11.3 Å². The molecule has 3 heterocycles. The largest absolute Gasteiger partial charge is 0.311 e. The third kappa shape index (κ3) is 2.45. The van der Waals surface area contributed by atoms with E-state index in [0.717, 1.165) is 26.1 Å².